The van der Waals surface area contributed by atoms with Gasteiger partial charge in [-0.2, -0.15) is 0 Å². The Morgan fingerprint density at radius 3 is 2.35 bits per heavy atom. The first-order valence-electron chi connectivity index (χ1n) is 5.93. The number of carboxylic acids is 1. The van der Waals surface area contributed by atoms with Gasteiger partial charge in [0.05, 0.1) is 11.3 Å². The van der Waals surface area contributed by atoms with Crippen LogP contribution in [0.2, 0.25) is 0 Å². The Hall–Kier alpha value is -2.57. The van der Waals surface area contributed by atoms with Crippen molar-refractivity contribution >= 4 is 23.6 Å². The van der Waals surface area contributed by atoms with Crippen molar-refractivity contribution in [1.29, 1.82) is 0 Å². The van der Waals surface area contributed by atoms with Crippen molar-refractivity contribution in [2.45, 2.75) is 26.8 Å². The normalized spacial score (nSPS) is 11.6. The first kappa shape index (κ1) is 15.5. The lowest BCUT2D eigenvalue weighted by Crippen LogP contribution is -2.44. The number of rotatable bonds is 4. The summed E-state index contributed by atoms with van der Waals surface area (Å²) >= 11 is 0. The van der Waals surface area contributed by atoms with E-state index >= 15 is 0 Å². The molecule has 0 aliphatic rings. The molecule has 1 aromatic rings. The zero-order valence-corrected chi connectivity index (χ0v) is 11.5. The number of carboxylic acid groups (broad SMARTS) is 1. The van der Waals surface area contributed by atoms with E-state index in [0.29, 0.717) is 5.56 Å². The Bertz CT molecular complexity index is 569. The van der Waals surface area contributed by atoms with Crippen LogP contribution < -0.4 is 16.4 Å². The average molecular weight is 279 g/mol. The summed E-state index contributed by atoms with van der Waals surface area (Å²) < 4.78 is 0. The number of hydrogen-bond acceptors (Lipinski definition) is 3. The molecule has 20 heavy (non-hydrogen) atoms. The number of nitrogens with one attached hydrogen (secondary N) is 2. The number of nitrogens with two attached hydrogens (primary N) is 1. The highest BCUT2D eigenvalue weighted by Gasteiger charge is 2.19. The average Bonchev–Trinajstić information content (AvgIpc) is 2.30. The van der Waals surface area contributed by atoms with E-state index in [1.807, 2.05) is 0 Å². The molecule has 108 valence electrons. The Morgan fingerprint density at radius 1 is 1.25 bits per heavy atom. The van der Waals surface area contributed by atoms with E-state index < -0.39 is 23.9 Å². The minimum Gasteiger partial charge on any atom is -0.478 e. The first-order valence-corrected chi connectivity index (χ1v) is 5.93. The molecule has 1 atom stereocenters. The van der Waals surface area contributed by atoms with E-state index in [4.69, 9.17) is 5.73 Å². The second kappa shape index (κ2) is 6.05. The van der Waals surface area contributed by atoms with E-state index in [9.17, 15) is 19.5 Å². The summed E-state index contributed by atoms with van der Waals surface area (Å²) in [5.41, 5.74) is 6.55. The third kappa shape index (κ3) is 3.71. The minimum atomic E-state index is -1.14. The number of amides is 3. The fourth-order valence-corrected chi connectivity index (χ4v) is 1.81. The number of primary amides is 1. The topological polar surface area (TPSA) is 122 Å². The largest absolute Gasteiger partial charge is 0.478 e. The monoisotopic (exact) mass is 279 g/mol. The van der Waals surface area contributed by atoms with E-state index in [2.05, 4.69) is 10.6 Å². The maximum absolute atomic E-state index is 11.9. The fourth-order valence-electron chi connectivity index (χ4n) is 1.81. The van der Waals surface area contributed by atoms with Crippen molar-refractivity contribution in [2.24, 2.45) is 5.73 Å². The van der Waals surface area contributed by atoms with Crippen LogP contribution in [-0.4, -0.2) is 29.1 Å². The highest BCUT2D eigenvalue weighted by molar-refractivity contribution is 6.03. The summed E-state index contributed by atoms with van der Waals surface area (Å²) in [6.07, 6.45) is 0. The molecule has 1 unspecified atom stereocenters. The van der Waals surface area contributed by atoms with Crippen LogP contribution in [0.1, 0.15) is 28.4 Å². The van der Waals surface area contributed by atoms with Crippen LogP contribution in [0.15, 0.2) is 12.1 Å². The van der Waals surface area contributed by atoms with Crippen LogP contribution in [0, 0.1) is 13.8 Å². The second-order valence-electron chi connectivity index (χ2n) is 4.53. The van der Waals surface area contributed by atoms with Gasteiger partial charge in [0.1, 0.15) is 6.04 Å². The number of aromatic carboxylic acids is 1. The molecule has 7 nitrogen and oxygen atoms in total. The highest BCUT2D eigenvalue weighted by Crippen LogP contribution is 2.23. The number of benzene rings is 1. The van der Waals surface area contributed by atoms with E-state index in [-0.39, 0.29) is 11.3 Å². The van der Waals surface area contributed by atoms with Crippen molar-refractivity contribution < 1.29 is 19.5 Å². The smallest absolute Gasteiger partial charge is 0.337 e. The third-order valence-corrected chi connectivity index (χ3v) is 2.71. The molecule has 0 saturated carbocycles. The molecule has 0 spiro atoms. The minimum absolute atomic E-state index is 0.00197. The van der Waals surface area contributed by atoms with Crippen molar-refractivity contribution in [3.05, 3.63) is 28.8 Å². The van der Waals surface area contributed by atoms with Crippen molar-refractivity contribution in [3.63, 3.8) is 0 Å². The standard InChI is InChI=1S/C13H17N3O4/c1-6-4-7(2)10(9(5-6)12(18)19)16-11(17)8(3)15-13(14)20/h4-5,8H,1-3H3,(H,16,17)(H,18,19)(H3,14,15,20). The Labute approximate surface area is 116 Å². The summed E-state index contributed by atoms with van der Waals surface area (Å²) in [6, 6.07) is 1.53. The number of hydrogen-bond donors (Lipinski definition) is 4. The number of aryl methyl sites for hydroxylation is 2. The molecule has 5 N–H and O–H groups in total. The van der Waals surface area contributed by atoms with Gasteiger partial charge in [0.15, 0.2) is 0 Å². The predicted octanol–water partition coefficient (Wildman–Crippen LogP) is 0.997. The van der Waals surface area contributed by atoms with Crippen LogP contribution in [0.5, 0.6) is 0 Å². The molecule has 7 heteroatoms. The summed E-state index contributed by atoms with van der Waals surface area (Å²) in [6.45, 7) is 4.91. The molecule has 0 fully saturated rings. The van der Waals surface area contributed by atoms with Gasteiger partial charge < -0.3 is 21.5 Å². The van der Waals surface area contributed by atoms with Gasteiger partial charge in [-0.1, -0.05) is 6.07 Å². The highest BCUT2D eigenvalue weighted by atomic mass is 16.4. The van der Waals surface area contributed by atoms with E-state index in [0.717, 1.165) is 5.56 Å². The fraction of sp³-hybridized carbons (Fsp3) is 0.308. The van der Waals surface area contributed by atoms with Gasteiger partial charge in [0.2, 0.25) is 5.91 Å². The zero-order valence-electron chi connectivity index (χ0n) is 11.5. The molecule has 1 aromatic carbocycles. The predicted molar refractivity (Wildman–Crippen MR) is 73.7 cm³/mol. The molecular weight excluding hydrogens is 262 g/mol. The lowest BCUT2D eigenvalue weighted by Gasteiger charge is -2.16. The summed E-state index contributed by atoms with van der Waals surface area (Å²) in [4.78, 5) is 33.8. The van der Waals surface area contributed by atoms with Gasteiger partial charge in [-0.15, -0.1) is 0 Å². The van der Waals surface area contributed by atoms with E-state index in [1.54, 1.807) is 19.9 Å². The molecule has 0 aliphatic carbocycles. The van der Waals surface area contributed by atoms with Gasteiger partial charge in [0.25, 0.3) is 0 Å². The number of anilines is 1. The van der Waals surface area contributed by atoms with Crippen LogP contribution in [-0.2, 0) is 4.79 Å². The van der Waals surface area contributed by atoms with Gasteiger partial charge in [0, 0.05) is 0 Å². The molecule has 3 amide bonds. The zero-order chi connectivity index (χ0) is 15.4. The summed E-state index contributed by atoms with van der Waals surface area (Å²) in [5, 5.41) is 13.9. The third-order valence-electron chi connectivity index (χ3n) is 2.71. The maximum atomic E-state index is 11.9. The molecule has 0 saturated heterocycles. The van der Waals surface area contributed by atoms with Gasteiger partial charge in [-0.05, 0) is 38.0 Å². The van der Waals surface area contributed by atoms with E-state index in [1.165, 1.54) is 13.0 Å². The van der Waals surface area contributed by atoms with Crippen LogP contribution in [0.25, 0.3) is 0 Å². The lowest BCUT2D eigenvalue weighted by atomic mass is 10.0. The molecule has 0 radical (unpaired) electrons. The SMILES string of the molecule is Cc1cc(C)c(NC(=O)C(C)NC(N)=O)c(C(=O)O)c1. The lowest BCUT2D eigenvalue weighted by molar-refractivity contribution is -0.117. The van der Waals surface area contributed by atoms with Crippen molar-refractivity contribution in [1.82, 2.24) is 5.32 Å². The van der Waals surface area contributed by atoms with Crippen molar-refractivity contribution in [2.75, 3.05) is 5.32 Å². The molecule has 0 aromatic heterocycles. The van der Waals surface area contributed by atoms with Gasteiger partial charge in [-0.3, -0.25) is 4.79 Å². The van der Waals surface area contributed by atoms with Crippen LogP contribution in [0.3, 0.4) is 0 Å². The molecule has 0 aliphatic heterocycles. The second-order valence-corrected chi connectivity index (χ2v) is 4.53. The summed E-state index contributed by atoms with van der Waals surface area (Å²) in [7, 11) is 0. The Morgan fingerprint density at radius 2 is 1.85 bits per heavy atom. The maximum Gasteiger partial charge on any atom is 0.337 e. The number of urea groups is 1. The number of carbonyl (C=O) groups is 3. The Kier molecular flexibility index (Phi) is 4.68. The molecule has 1 rings (SSSR count). The molecular formula is C13H17N3O4. The quantitative estimate of drug-likeness (QED) is 0.656. The summed E-state index contributed by atoms with van der Waals surface area (Å²) in [5.74, 6) is -1.68. The molecule has 0 bridgehead atoms. The first-order chi connectivity index (χ1) is 9.22. The van der Waals surface area contributed by atoms with Crippen LogP contribution in [0.4, 0.5) is 10.5 Å². The number of carbonyl (C=O) groups excluding carboxylic acids is 2. The van der Waals surface area contributed by atoms with Crippen LogP contribution >= 0.6 is 0 Å². The Balaban J connectivity index is 3.05. The van der Waals surface area contributed by atoms with Gasteiger partial charge >= 0.3 is 12.0 Å². The van der Waals surface area contributed by atoms with Crippen molar-refractivity contribution in [3.8, 4) is 0 Å². The van der Waals surface area contributed by atoms with Gasteiger partial charge in [-0.25, -0.2) is 9.59 Å². The molecule has 0 heterocycles.